The highest BCUT2D eigenvalue weighted by Gasteiger charge is 2.34. The van der Waals surface area contributed by atoms with Crippen LogP contribution in [0.25, 0.3) is 5.69 Å². The van der Waals surface area contributed by atoms with Gasteiger partial charge in [0.15, 0.2) is 0 Å². The summed E-state index contributed by atoms with van der Waals surface area (Å²) in [6.07, 6.45) is 0. The van der Waals surface area contributed by atoms with E-state index < -0.39 is 5.97 Å². The van der Waals surface area contributed by atoms with E-state index in [2.05, 4.69) is 5.32 Å². The van der Waals surface area contributed by atoms with Crippen molar-refractivity contribution in [2.45, 2.75) is 31.3 Å². The van der Waals surface area contributed by atoms with Crippen molar-refractivity contribution < 1.29 is 19.1 Å². The molecule has 7 nitrogen and oxygen atoms in total. The van der Waals surface area contributed by atoms with Crippen LogP contribution in [0.1, 0.15) is 44.9 Å². The number of amides is 1. The molecule has 2 atom stereocenters. The van der Waals surface area contributed by atoms with Gasteiger partial charge in [-0.15, -0.1) is 11.8 Å². The number of aromatic nitrogens is 2. The van der Waals surface area contributed by atoms with E-state index in [9.17, 15) is 9.59 Å². The predicted octanol–water partition coefficient (Wildman–Crippen LogP) is 6.23. The third-order valence-electron chi connectivity index (χ3n) is 6.34. The van der Waals surface area contributed by atoms with Crippen LogP contribution in [0.5, 0.6) is 11.5 Å². The van der Waals surface area contributed by atoms with Gasteiger partial charge < -0.3 is 14.8 Å². The second-order valence-electron chi connectivity index (χ2n) is 8.88. The molecule has 1 N–H and O–H groups in total. The minimum Gasteiger partial charge on any atom is -0.465 e. The SMILES string of the molecule is COC(=O)c1cccc(Oc2ccc([C@H]3S[C@@H](C)C(=O)Nc4c3c(C)nn4-c3ccccc3C)cc2)c1. The minimum atomic E-state index is -0.416. The number of methoxy groups -OCH3 is 1. The predicted molar refractivity (Wildman–Crippen MR) is 145 cm³/mol. The molecule has 37 heavy (non-hydrogen) atoms. The molecule has 0 spiro atoms. The lowest BCUT2D eigenvalue weighted by molar-refractivity contribution is -0.115. The highest BCUT2D eigenvalue weighted by Crippen LogP contribution is 2.46. The van der Waals surface area contributed by atoms with E-state index in [-0.39, 0.29) is 16.4 Å². The van der Waals surface area contributed by atoms with Crippen molar-refractivity contribution in [3.8, 4) is 17.2 Å². The van der Waals surface area contributed by atoms with Crippen LogP contribution in [-0.4, -0.2) is 34.0 Å². The van der Waals surface area contributed by atoms with E-state index in [4.69, 9.17) is 14.6 Å². The van der Waals surface area contributed by atoms with Gasteiger partial charge in [-0.25, -0.2) is 9.48 Å². The van der Waals surface area contributed by atoms with Crippen LogP contribution in [0.2, 0.25) is 0 Å². The topological polar surface area (TPSA) is 82.4 Å². The summed E-state index contributed by atoms with van der Waals surface area (Å²) in [6.45, 7) is 5.94. The zero-order valence-electron chi connectivity index (χ0n) is 21.0. The van der Waals surface area contributed by atoms with Crippen molar-refractivity contribution in [1.29, 1.82) is 0 Å². The molecule has 0 aliphatic carbocycles. The first-order valence-corrected chi connectivity index (χ1v) is 12.9. The number of esters is 1. The number of fused-ring (bicyclic) bond motifs is 1. The van der Waals surface area contributed by atoms with Crippen LogP contribution in [0.15, 0.2) is 72.8 Å². The molecule has 0 saturated carbocycles. The van der Waals surface area contributed by atoms with E-state index in [1.807, 2.05) is 74.0 Å². The Balaban J connectivity index is 1.49. The first-order chi connectivity index (χ1) is 17.9. The molecule has 2 heterocycles. The fourth-order valence-electron chi connectivity index (χ4n) is 4.40. The third-order valence-corrected chi connectivity index (χ3v) is 7.74. The average molecular weight is 514 g/mol. The summed E-state index contributed by atoms with van der Waals surface area (Å²) >= 11 is 1.60. The number of aryl methyl sites for hydroxylation is 2. The van der Waals surface area contributed by atoms with Crippen molar-refractivity contribution in [2.75, 3.05) is 12.4 Å². The number of benzene rings is 3. The Kier molecular flexibility index (Phi) is 6.76. The highest BCUT2D eigenvalue weighted by atomic mass is 32.2. The maximum Gasteiger partial charge on any atom is 0.337 e. The van der Waals surface area contributed by atoms with E-state index in [0.717, 1.165) is 28.1 Å². The van der Waals surface area contributed by atoms with Crippen LogP contribution in [-0.2, 0) is 9.53 Å². The van der Waals surface area contributed by atoms with Gasteiger partial charge in [-0.3, -0.25) is 4.79 Å². The molecule has 1 aromatic heterocycles. The van der Waals surface area contributed by atoms with Gasteiger partial charge in [-0.05, 0) is 68.3 Å². The Labute approximate surface area is 219 Å². The summed E-state index contributed by atoms with van der Waals surface area (Å²) in [7, 11) is 1.35. The van der Waals surface area contributed by atoms with Crippen LogP contribution < -0.4 is 10.1 Å². The molecule has 8 heteroatoms. The number of carbonyl (C=O) groups excluding carboxylic acids is 2. The summed E-state index contributed by atoms with van der Waals surface area (Å²) in [5.74, 6) is 1.42. The van der Waals surface area contributed by atoms with Crippen LogP contribution in [0, 0.1) is 13.8 Å². The lowest BCUT2D eigenvalue weighted by Crippen LogP contribution is -2.22. The molecule has 1 amide bonds. The highest BCUT2D eigenvalue weighted by molar-refractivity contribution is 8.01. The molecule has 0 fully saturated rings. The van der Waals surface area contributed by atoms with Gasteiger partial charge in [-0.1, -0.05) is 36.4 Å². The zero-order chi connectivity index (χ0) is 26.1. The molecule has 5 rings (SSSR count). The number of hydrogen-bond donors (Lipinski definition) is 1. The van der Waals surface area contributed by atoms with Crippen LogP contribution in [0.4, 0.5) is 5.82 Å². The van der Waals surface area contributed by atoms with Gasteiger partial charge in [0, 0.05) is 5.56 Å². The maximum atomic E-state index is 13.0. The molecular formula is C29H27N3O4S. The lowest BCUT2D eigenvalue weighted by Gasteiger charge is -2.18. The van der Waals surface area contributed by atoms with Gasteiger partial charge >= 0.3 is 5.97 Å². The van der Waals surface area contributed by atoms with Crippen LogP contribution >= 0.6 is 11.8 Å². The molecule has 0 radical (unpaired) electrons. The zero-order valence-corrected chi connectivity index (χ0v) is 21.8. The van der Waals surface area contributed by atoms with E-state index >= 15 is 0 Å². The molecule has 0 unspecified atom stereocenters. The second-order valence-corrected chi connectivity index (χ2v) is 10.3. The number of nitrogens with zero attached hydrogens (tertiary/aromatic N) is 2. The monoisotopic (exact) mass is 513 g/mol. The smallest absolute Gasteiger partial charge is 0.337 e. The molecule has 3 aromatic carbocycles. The molecule has 1 aliphatic rings. The standard InChI is InChI=1S/C29H27N3O4S/c1-17-8-5-6-11-24(17)32-27-25(18(2)31-32)26(37-19(3)28(33)30-27)20-12-14-22(15-13-20)36-23-10-7-9-21(16-23)29(34)35-4/h5-16,19,26H,1-4H3,(H,30,33)/t19-,26+/m0/s1. The Morgan fingerprint density at radius 2 is 1.76 bits per heavy atom. The first kappa shape index (κ1) is 24.6. The number of anilines is 1. The first-order valence-electron chi connectivity index (χ1n) is 11.9. The Bertz CT molecular complexity index is 1480. The van der Waals surface area contributed by atoms with Gasteiger partial charge in [0.25, 0.3) is 0 Å². The number of rotatable bonds is 5. The average Bonchev–Trinajstić information content (AvgIpc) is 3.15. The number of carbonyl (C=O) groups is 2. The normalized spacial score (nSPS) is 16.9. The van der Waals surface area contributed by atoms with Crippen molar-refractivity contribution in [2.24, 2.45) is 0 Å². The molecule has 188 valence electrons. The van der Waals surface area contributed by atoms with Crippen molar-refractivity contribution in [3.63, 3.8) is 0 Å². The Morgan fingerprint density at radius 1 is 1.00 bits per heavy atom. The minimum absolute atomic E-state index is 0.0473. The van der Waals surface area contributed by atoms with E-state index in [0.29, 0.717) is 22.9 Å². The van der Waals surface area contributed by atoms with E-state index in [1.54, 1.807) is 36.0 Å². The number of ether oxygens (including phenoxy) is 2. The summed E-state index contributed by atoms with van der Waals surface area (Å²) < 4.78 is 12.6. The van der Waals surface area contributed by atoms with Gasteiger partial charge in [0.2, 0.25) is 5.91 Å². The van der Waals surface area contributed by atoms with Crippen molar-refractivity contribution >= 4 is 29.5 Å². The molecule has 4 aromatic rings. The summed E-state index contributed by atoms with van der Waals surface area (Å²) in [5.41, 5.74) is 5.32. The Hall–Kier alpha value is -4.04. The number of para-hydroxylation sites is 1. The summed E-state index contributed by atoms with van der Waals surface area (Å²) in [4.78, 5) is 24.8. The molecular weight excluding hydrogens is 486 g/mol. The molecule has 0 saturated heterocycles. The molecule has 1 aliphatic heterocycles. The van der Waals surface area contributed by atoms with Gasteiger partial charge in [-0.2, -0.15) is 5.10 Å². The number of thioether (sulfide) groups is 1. The van der Waals surface area contributed by atoms with Gasteiger partial charge in [0.1, 0.15) is 17.3 Å². The van der Waals surface area contributed by atoms with Crippen molar-refractivity contribution in [3.05, 3.63) is 101 Å². The fraction of sp³-hybridized carbons (Fsp3) is 0.207. The lowest BCUT2D eigenvalue weighted by atomic mass is 10.0. The van der Waals surface area contributed by atoms with Crippen molar-refractivity contribution in [1.82, 2.24) is 9.78 Å². The van der Waals surface area contributed by atoms with Gasteiger partial charge in [0.05, 0.1) is 34.6 Å². The summed E-state index contributed by atoms with van der Waals surface area (Å²) in [5, 5.41) is 7.61. The maximum absolute atomic E-state index is 13.0. The number of hydrogen-bond acceptors (Lipinski definition) is 6. The largest absolute Gasteiger partial charge is 0.465 e. The quantitative estimate of drug-likeness (QED) is 0.319. The van der Waals surface area contributed by atoms with E-state index in [1.165, 1.54) is 7.11 Å². The number of nitrogens with one attached hydrogen (secondary N) is 1. The fourth-order valence-corrected chi connectivity index (χ4v) is 5.72. The molecule has 0 bridgehead atoms. The second kappa shape index (κ2) is 10.1. The Morgan fingerprint density at radius 3 is 2.49 bits per heavy atom. The third kappa shape index (κ3) is 4.84. The van der Waals surface area contributed by atoms with Crippen LogP contribution in [0.3, 0.4) is 0 Å². The summed E-state index contributed by atoms with van der Waals surface area (Å²) in [6, 6.07) is 22.7.